The van der Waals surface area contributed by atoms with Crippen LogP contribution in [-0.4, -0.2) is 34.5 Å². The average molecular weight is 319 g/mol. The quantitative estimate of drug-likeness (QED) is 0.888. The maximum absolute atomic E-state index is 13.3. The summed E-state index contributed by atoms with van der Waals surface area (Å²) >= 11 is 0. The van der Waals surface area contributed by atoms with Crippen molar-refractivity contribution in [1.29, 1.82) is 0 Å². The molecule has 1 atom stereocenters. The number of hydrogen-bond donors (Lipinski definition) is 1. The fraction of sp³-hybridized carbons (Fsp3) is 0.312. The van der Waals surface area contributed by atoms with Gasteiger partial charge in [0, 0.05) is 17.7 Å². The molecule has 0 aliphatic carbocycles. The molecule has 1 aromatic heterocycles. The summed E-state index contributed by atoms with van der Waals surface area (Å²) in [6.45, 7) is 3.59. The van der Waals surface area contributed by atoms with Crippen molar-refractivity contribution < 1.29 is 18.5 Å². The van der Waals surface area contributed by atoms with E-state index >= 15 is 0 Å². The molecule has 0 aliphatic rings. The van der Waals surface area contributed by atoms with Crippen molar-refractivity contribution in [2.75, 3.05) is 11.9 Å². The zero-order valence-electron chi connectivity index (χ0n) is 13.0. The number of benzene rings is 1. The molecule has 1 N–H and O–H groups in total. The van der Waals surface area contributed by atoms with Crippen molar-refractivity contribution in [3.8, 4) is 0 Å². The number of hydrogen-bond acceptors (Lipinski definition) is 4. The Morgan fingerprint density at radius 3 is 2.78 bits per heavy atom. The number of carbonyl (C=O) groups excluding carboxylic acids is 2. The average Bonchev–Trinajstić information content (AvgIpc) is 3.04. The molecular formula is C16H18FN3O3. The smallest absolute Gasteiger partial charge is 0.254 e. The van der Waals surface area contributed by atoms with Gasteiger partial charge in [-0.25, -0.2) is 4.39 Å². The molecular weight excluding hydrogens is 301 g/mol. The monoisotopic (exact) mass is 319 g/mol. The second-order valence-electron chi connectivity index (χ2n) is 5.13. The zero-order valence-corrected chi connectivity index (χ0v) is 13.0. The van der Waals surface area contributed by atoms with Crippen LogP contribution in [0.1, 0.15) is 30.6 Å². The normalized spacial score (nSPS) is 11.8. The van der Waals surface area contributed by atoms with Gasteiger partial charge in [0.2, 0.25) is 5.91 Å². The van der Waals surface area contributed by atoms with Crippen LogP contribution in [0, 0.1) is 5.82 Å². The van der Waals surface area contributed by atoms with Crippen LogP contribution >= 0.6 is 0 Å². The molecule has 6 nitrogen and oxygen atoms in total. The van der Waals surface area contributed by atoms with Crippen LogP contribution in [0.3, 0.4) is 0 Å². The van der Waals surface area contributed by atoms with Gasteiger partial charge < -0.3 is 14.7 Å². The summed E-state index contributed by atoms with van der Waals surface area (Å²) in [5.74, 6) is -1.01. The van der Waals surface area contributed by atoms with E-state index < -0.39 is 17.6 Å². The van der Waals surface area contributed by atoms with Crippen LogP contribution in [0.5, 0.6) is 0 Å². The first-order valence-corrected chi connectivity index (χ1v) is 7.28. The summed E-state index contributed by atoms with van der Waals surface area (Å²) in [7, 11) is 0. The van der Waals surface area contributed by atoms with Gasteiger partial charge in [0.15, 0.2) is 5.82 Å². The molecule has 2 amide bonds. The standard InChI is InChI=1S/C16H18FN3O3/c1-3-11(2)20(10-15(21)18-14-7-8-23-19-14)16(22)12-5-4-6-13(17)9-12/h4-9,11H,3,10H2,1-2H3,(H,18,19,21)/t11-/m1/s1. The molecule has 0 radical (unpaired) electrons. The van der Waals surface area contributed by atoms with Crippen molar-refractivity contribution in [2.45, 2.75) is 26.3 Å². The summed E-state index contributed by atoms with van der Waals surface area (Å²) in [6.07, 6.45) is 2.00. The van der Waals surface area contributed by atoms with Gasteiger partial charge >= 0.3 is 0 Å². The highest BCUT2D eigenvalue weighted by atomic mass is 19.1. The van der Waals surface area contributed by atoms with Gasteiger partial charge in [0.1, 0.15) is 18.6 Å². The van der Waals surface area contributed by atoms with Gasteiger partial charge in [-0.15, -0.1) is 0 Å². The number of nitrogens with zero attached hydrogens (tertiary/aromatic N) is 2. The summed E-state index contributed by atoms with van der Waals surface area (Å²) in [5.41, 5.74) is 0.208. The number of halogens is 1. The van der Waals surface area contributed by atoms with E-state index in [0.717, 1.165) is 6.07 Å². The largest absolute Gasteiger partial charge is 0.363 e. The third kappa shape index (κ3) is 4.38. The van der Waals surface area contributed by atoms with Gasteiger partial charge in [-0.2, -0.15) is 0 Å². The number of amides is 2. The molecule has 0 bridgehead atoms. The highest BCUT2D eigenvalue weighted by Crippen LogP contribution is 2.13. The Morgan fingerprint density at radius 2 is 2.17 bits per heavy atom. The fourth-order valence-corrected chi connectivity index (χ4v) is 2.05. The Bertz CT molecular complexity index is 673. The second-order valence-corrected chi connectivity index (χ2v) is 5.13. The van der Waals surface area contributed by atoms with E-state index in [1.165, 1.54) is 35.4 Å². The molecule has 0 saturated heterocycles. The Balaban J connectivity index is 2.13. The zero-order chi connectivity index (χ0) is 16.8. The minimum absolute atomic E-state index is 0.156. The maximum Gasteiger partial charge on any atom is 0.254 e. The lowest BCUT2D eigenvalue weighted by Gasteiger charge is -2.28. The van der Waals surface area contributed by atoms with Crippen LogP contribution in [0.2, 0.25) is 0 Å². The predicted octanol–water partition coefficient (Wildman–Crippen LogP) is 2.69. The Kier molecular flexibility index (Phi) is 5.46. The molecule has 2 aromatic rings. The van der Waals surface area contributed by atoms with Gasteiger partial charge in [0.25, 0.3) is 5.91 Å². The van der Waals surface area contributed by atoms with Crippen molar-refractivity contribution in [1.82, 2.24) is 10.1 Å². The molecule has 0 spiro atoms. The van der Waals surface area contributed by atoms with Crippen LogP contribution in [0.25, 0.3) is 0 Å². The van der Waals surface area contributed by atoms with E-state index in [1.807, 2.05) is 13.8 Å². The van der Waals surface area contributed by atoms with E-state index in [2.05, 4.69) is 15.0 Å². The first-order chi connectivity index (χ1) is 11.0. The van der Waals surface area contributed by atoms with E-state index in [4.69, 9.17) is 0 Å². The van der Waals surface area contributed by atoms with E-state index in [-0.39, 0.29) is 24.0 Å². The third-order valence-corrected chi connectivity index (χ3v) is 3.47. The maximum atomic E-state index is 13.3. The lowest BCUT2D eigenvalue weighted by atomic mass is 10.1. The predicted molar refractivity (Wildman–Crippen MR) is 82.3 cm³/mol. The number of aromatic nitrogens is 1. The SMILES string of the molecule is CC[C@@H](C)N(CC(=O)Nc1ccon1)C(=O)c1cccc(F)c1. The summed E-state index contributed by atoms with van der Waals surface area (Å²) < 4.78 is 18.0. The van der Waals surface area contributed by atoms with Crippen molar-refractivity contribution >= 4 is 17.6 Å². The lowest BCUT2D eigenvalue weighted by Crippen LogP contribution is -2.43. The lowest BCUT2D eigenvalue weighted by molar-refractivity contribution is -0.117. The summed E-state index contributed by atoms with van der Waals surface area (Å²) in [6, 6.07) is 6.74. The topological polar surface area (TPSA) is 75.4 Å². The number of nitrogens with one attached hydrogen (secondary N) is 1. The van der Waals surface area contributed by atoms with Crippen molar-refractivity contribution in [3.63, 3.8) is 0 Å². The molecule has 0 unspecified atom stereocenters. The summed E-state index contributed by atoms with van der Waals surface area (Å²) in [4.78, 5) is 26.1. The van der Waals surface area contributed by atoms with Gasteiger partial charge in [-0.05, 0) is 31.5 Å². The fourth-order valence-electron chi connectivity index (χ4n) is 2.05. The summed E-state index contributed by atoms with van der Waals surface area (Å²) in [5, 5.41) is 6.12. The van der Waals surface area contributed by atoms with Crippen molar-refractivity contribution in [2.24, 2.45) is 0 Å². The van der Waals surface area contributed by atoms with Crippen LogP contribution in [-0.2, 0) is 4.79 Å². The molecule has 23 heavy (non-hydrogen) atoms. The van der Waals surface area contributed by atoms with E-state index in [0.29, 0.717) is 6.42 Å². The first-order valence-electron chi connectivity index (χ1n) is 7.28. The Labute approximate surface area is 133 Å². The molecule has 2 rings (SSSR count). The first kappa shape index (κ1) is 16.7. The molecule has 0 fully saturated rings. The highest BCUT2D eigenvalue weighted by Gasteiger charge is 2.23. The number of carbonyl (C=O) groups is 2. The third-order valence-electron chi connectivity index (χ3n) is 3.47. The van der Waals surface area contributed by atoms with Crippen molar-refractivity contribution in [3.05, 3.63) is 48.0 Å². The minimum Gasteiger partial charge on any atom is -0.363 e. The van der Waals surface area contributed by atoms with Gasteiger partial charge in [-0.1, -0.05) is 18.1 Å². The van der Waals surface area contributed by atoms with Gasteiger partial charge in [0.05, 0.1) is 0 Å². The second kappa shape index (κ2) is 7.53. The molecule has 122 valence electrons. The Hall–Kier alpha value is -2.70. The molecule has 7 heteroatoms. The number of rotatable bonds is 6. The van der Waals surface area contributed by atoms with E-state index in [9.17, 15) is 14.0 Å². The molecule has 0 aliphatic heterocycles. The Morgan fingerprint density at radius 1 is 1.39 bits per heavy atom. The highest BCUT2D eigenvalue weighted by molar-refractivity contribution is 5.99. The van der Waals surface area contributed by atoms with E-state index in [1.54, 1.807) is 0 Å². The number of anilines is 1. The van der Waals surface area contributed by atoms with Crippen LogP contribution in [0.4, 0.5) is 10.2 Å². The van der Waals surface area contributed by atoms with Crippen LogP contribution in [0.15, 0.2) is 41.1 Å². The molecule has 1 aromatic carbocycles. The molecule has 0 saturated carbocycles. The van der Waals surface area contributed by atoms with Gasteiger partial charge in [-0.3, -0.25) is 9.59 Å². The van der Waals surface area contributed by atoms with Crippen LogP contribution < -0.4 is 5.32 Å². The molecule has 1 heterocycles. The minimum atomic E-state index is -0.494.